The van der Waals surface area contributed by atoms with Crippen molar-refractivity contribution < 1.29 is 31.5 Å². The van der Waals surface area contributed by atoms with Crippen molar-refractivity contribution >= 4 is 5.91 Å². The molecule has 2 aromatic carbocycles. The Morgan fingerprint density at radius 3 is 2.50 bits per heavy atom. The average molecular weight is 452 g/mol. The van der Waals surface area contributed by atoms with Crippen molar-refractivity contribution in [2.45, 2.75) is 31.3 Å². The monoisotopic (exact) mass is 452 g/mol. The van der Waals surface area contributed by atoms with E-state index in [1.165, 1.54) is 28.3 Å². The van der Waals surface area contributed by atoms with Crippen molar-refractivity contribution in [3.05, 3.63) is 83.4 Å². The van der Waals surface area contributed by atoms with Crippen LogP contribution >= 0.6 is 0 Å². The molecule has 3 aromatic rings. The molecule has 168 valence electrons. The summed E-state index contributed by atoms with van der Waals surface area (Å²) in [6, 6.07) is 6.05. The number of carbonyl (C=O) groups excluding carboxylic acids is 1. The molecular weight excluding hydrogens is 435 g/mol. The molecule has 2 heterocycles. The SMILES string of the molecule is C[C@H]1N(C(=O)c2ccc(C(F)(F)F)cc2)CO[C@]1(Cn1cncn1)c1ccc(F)cc1F. The van der Waals surface area contributed by atoms with Crippen LogP contribution in [-0.2, 0) is 23.1 Å². The highest BCUT2D eigenvalue weighted by atomic mass is 19.4. The van der Waals surface area contributed by atoms with E-state index in [2.05, 4.69) is 10.1 Å². The summed E-state index contributed by atoms with van der Waals surface area (Å²) >= 11 is 0. The lowest BCUT2D eigenvalue weighted by molar-refractivity contribution is -0.137. The van der Waals surface area contributed by atoms with Crippen LogP contribution in [-0.4, -0.2) is 38.3 Å². The van der Waals surface area contributed by atoms with Gasteiger partial charge in [0, 0.05) is 17.2 Å². The highest BCUT2D eigenvalue weighted by Crippen LogP contribution is 2.41. The smallest absolute Gasteiger partial charge is 0.346 e. The van der Waals surface area contributed by atoms with Gasteiger partial charge in [-0.05, 0) is 37.3 Å². The van der Waals surface area contributed by atoms with Crippen molar-refractivity contribution in [3.8, 4) is 0 Å². The quantitative estimate of drug-likeness (QED) is 0.562. The zero-order valence-electron chi connectivity index (χ0n) is 16.7. The first-order valence-electron chi connectivity index (χ1n) is 9.52. The average Bonchev–Trinajstić information content (AvgIpc) is 3.36. The van der Waals surface area contributed by atoms with E-state index in [1.807, 2.05) is 0 Å². The van der Waals surface area contributed by atoms with E-state index >= 15 is 0 Å². The molecule has 2 atom stereocenters. The van der Waals surface area contributed by atoms with Crippen molar-refractivity contribution in [2.24, 2.45) is 0 Å². The normalized spacial score (nSPS) is 21.2. The highest BCUT2D eigenvalue weighted by Gasteiger charge is 2.51. The van der Waals surface area contributed by atoms with E-state index < -0.39 is 40.9 Å². The van der Waals surface area contributed by atoms with Crippen molar-refractivity contribution in [1.29, 1.82) is 0 Å². The third kappa shape index (κ3) is 3.83. The number of nitrogens with zero attached hydrogens (tertiary/aromatic N) is 4. The van der Waals surface area contributed by atoms with Gasteiger partial charge in [0.2, 0.25) is 0 Å². The maximum absolute atomic E-state index is 14.8. The first-order chi connectivity index (χ1) is 15.1. The number of halogens is 5. The Morgan fingerprint density at radius 2 is 1.91 bits per heavy atom. The Balaban J connectivity index is 1.69. The van der Waals surface area contributed by atoms with E-state index in [1.54, 1.807) is 6.92 Å². The van der Waals surface area contributed by atoms with Crippen LogP contribution in [0, 0.1) is 11.6 Å². The van der Waals surface area contributed by atoms with Crippen LogP contribution in [0.1, 0.15) is 28.4 Å². The van der Waals surface area contributed by atoms with E-state index in [0.29, 0.717) is 0 Å². The van der Waals surface area contributed by atoms with Gasteiger partial charge < -0.3 is 9.64 Å². The molecule has 1 amide bonds. The van der Waals surface area contributed by atoms with Gasteiger partial charge in [-0.15, -0.1) is 0 Å². The standard InChI is InChI=1S/C21H17F5N4O2/c1-13-20(9-29-11-27-10-28-29,17-7-6-16(22)8-18(17)23)32-12-30(13)19(31)14-2-4-15(5-3-14)21(24,25)26/h2-8,10-11,13H,9,12H2,1H3/t13-,20+/m1/s1. The Morgan fingerprint density at radius 1 is 1.19 bits per heavy atom. The van der Waals surface area contributed by atoms with Gasteiger partial charge in [0.25, 0.3) is 5.91 Å². The van der Waals surface area contributed by atoms with E-state index in [4.69, 9.17) is 4.74 Å². The van der Waals surface area contributed by atoms with Crippen molar-refractivity contribution in [2.75, 3.05) is 6.73 Å². The lowest BCUT2D eigenvalue weighted by atomic mass is 9.86. The maximum atomic E-state index is 14.8. The summed E-state index contributed by atoms with van der Waals surface area (Å²) in [5, 5.41) is 4.01. The van der Waals surface area contributed by atoms with Crippen LogP contribution in [0.5, 0.6) is 0 Å². The Hall–Kier alpha value is -3.34. The molecule has 1 aliphatic heterocycles. The first-order valence-corrected chi connectivity index (χ1v) is 9.52. The van der Waals surface area contributed by atoms with Crippen molar-refractivity contribution in [1.82, 2.24) is 19.7 Å². The molecule has 0 unspecified atom stereocenters. The van der Waals surface area contributed by atoms with Gasteiger partial charge in [-0.3, -0.25) is 4.79 Å². The molecule has 0 spiro atoms. The number of aromatic nitrogens is 3. The predicted octanol–water partition coefficient (Wildman–Crippen LogP) is 3.99. The van der Waals surface area contributed by atoms with Crippen LogP contribution in [0.2, 0.25) is 0 Å². The second kappa shape index (κ2) is 7.97. The van der Waals surface area contributed by atoms with Crippen LogP contribution < -0.4 is 0 Å². The second-order valence-electron chi connectivity index (χ2n) is 7.41. The van der Waals surface area contributed by atoms with E-state index in [-0.39, 0.29) is 24.4 Å². The van der Waals surface area contributed by atoms with Crippen LogP contribution in [0.4, 0.5) is 22.0 Å². The van der Waals surface area contributed by atoms with Gasteiger partial charge >= 0.3 is 6.18 Å². The second-order valence-corrected chi connectivity index (χ2v) is 7.41. The fourth-order valence-corrected chi connectivity index (χ4v) is 3.82. The Labute approximate surface area is 179 Å². The molecule has 11 heteroatoms. The van der Waals surface area contributed by atoms with Gasteiger partial charge in [0.05, 0.1) is 18.2 Å². The largest absolute Gasteiger partial charge is 0.416 e. The van der Waals surface area contributed by atoms with Gasteiger partial charge in [-0.2, -0.15) is 18.3 Å². The van der Waals surface area contributed by atoms with E-state index in [0.717, 1.165) is 36.4 Å². The lowest BCUT2D eigenvalue weighted by Crippen LogP contribution is -2.46. The summed E-state index contributed by atoms with van der Waals surface area (Å²) in [7, 11) is 0. The Bertz CT molecular complexity index is 1120. The molecule has 1 aromatic heterocycles. The fourth-order valence-electron chi connectivity index (χ4n) is 3.82. The summed E-state index contributed by atoms with van der Waals surface area (Å²) < 4.78 is 74.1. The molecule has 0 aliphatic carbocycles. The minimum atomic E-state index is -4.53. The summed E-state index contributed by atoms with van der Waals surface area (Å²) in [6.07, 6.45) is -1.86. The van der Waals surface area contributed by atoms with Crippen LogP contribution in [0.15, 0.2) is 55.1 Å². The summed E-state index contributed by atoms with van der Waals surface area (Å²) in [5.41, 5.74) is -2.28. The summed E-state index contributed by atoms with van der Waals surface area (Å²) in [6.45, 7) is 1.33. The number of ether oxygens (including phenoxy) is 1. The predicted molar refractivity (Wildman–Crippen MR) is 101 cm³/mol. The van der Waals surface area contributed by atoms with Crippen LogP contribution in [0.3, 0.4) is 0 Å². The molecule has 0 saturated carbocycles. The number of hydrogen-bond acceptors (Lipinski definition) is 4. The number of benzene rings is 2. The lowest BCUT2D eigenvalue weighted by Gasteiger charge is -2.34. The molecule has 1 saturated heterocycles. The van der Waals surface area contributed by atoms with Gasteiger partial charge in [-0.1, -0.05) is 6.07 Å². The number of rotatable bonds is 4. The zero-order chi connectivity index (χ0) is 23.1. The first kappa shape index (κ1) is 21.9. The summed E-state index contributed by atoms with van der Waals surface area (Å²) in [5.74, 6) is -2.22. The number of carbonyl (C=O) groups is 1. The summed E-state index contributed by atoms with van der Waals surface area (Å²) in [4.78, 5) is 18.2. The topological polar surface area (TPSA) is 60.2 Å². The Kier molecular flexibility index (Phi) is 5.45. The number of hydrogen-bond donors (Lipinski definition) is 0. The zero-order valence-corrected chi connectivity index (χ0v) is 16.7. The molecule has 0 bridgehead atoms. The molecule has 0 radical (unpaired) electrons. The number of amides is 1. The van der Waals surface area contributed by atoms with Gasteiger partial charge in [-0.25, -0.2) is 18.4 Å². The number of alkyl halides is 3. The van der Waals surface area contributed by atoms with E-state index in [9.17, 15) is 26.7 Å². The highest BCUT2D eigenvalue weighted by molar-refractivity contribution is 5.94. The molecule has 6 nitrogen and oxygen atoms in total. The third-order valence-electron chi connectivity index (χ3n) is 5.57. The maximum Gasteiger partial charge on any atom is 0.416 e. The molecule has 4 rings (SSSR count). The van der Waals surface area contributed by atoms with Crippen LogP contribution in [0.25, 0.3) is 0 Å². The minimum absolute atomic E-state index is 0.0181. The molecule has 32 heavy (non-hydrogen) atoms. The molecule has 1 fully saturated rings. The molecule has 0 N–H and O–H groups in total. The third-order valence-corrected chi connectivity index (χ3v) is 5.57. The van der Waals surface area contributed by atoms with Gasteiger partial charge in [0.15, 0.2) is 0 Å². The van der Waals surface area contributed by atoms with Gasteiger partial charge in [0.1, 0.15) is 36.6 Å². The molecule has 1 aliphatic rings. The van der Waals surface area contributed by atoms with Crippen molar-refractivity contribution in [3.63, 3.8) is 0 Å². The molecular formula is C21H17F5N4O2. The minimum Gasteiger partial charge on any atom is -0.346 e. The fraction of sp³-hybridized carbons (Fsp3) is 0.286.